The number of halogens is 12. The highest BCUT2D eigenvalue weighted by atomic mass is 19.4. The summed E-state index contributed by atoms with van der Waals surface area (Å²) in [4.78, 5) is 1.17. The number of alkyl halides is 12. The molecule has 2 aliphatic heterocycles. The highest BCUT2D eigenvalue weighted by Gasteiger charge is 2.72. The molecule has 2 heterocycles. The minimum Gasteiger partial charge on any atom is -0.373 e. The van der Waals surface area contributed by atoms with Crippen molar-refractivity contribution in [3.05, 3.63) is 0 Å². The Bertz CT molecular complexity index is 573. The van der Waals surface area contributed by atoms with Crippen molar-refractivity contribution in [2.24, 2.45) is 0 Å². The van der Waals surface area contributed by atoms with Crippen LogP contribution in [0.5, 0.6) is 0 Å². The third kappa shape index (κ3) is 4.78. The van der Waals surface area contributed by atoms with E-state index in [4.69, 9.17) is 0 Å². The number of aliphatic hydroxyl groups is 2. The first-order chi connectivity index (χ1) is 14.2. The molecule has 0 spiro atoms. The molecule has 0 aliphatic carbocycles. The van der Waals surface area contributed by atoms with E-state index in [1.807, 2.05) is 0 Å². The van der Waals surface area contributed by atoms with Gasteiger partial charge >= 0.3 is 24.7 Å². The minimum atomic E-state index is -6.12. The standard InChI is InChI=1S/C16H20F12N2O2/c17-13(18,19)11(31,14(20,21)22)7-29-5-1-3-9(29)10-4-2-6-30(10)8-12(32,15(23,24)25)16(26,27)28/h9-10,31-32H,1-8H2/t9-,10-/m0/s1. The summed E-state index contributed by atoms with van der Waals surface area (Å²) in [5, 5.41) is 18.9. The Morgan fingerprint density at radius 2 is 0.781 bits per heavy atom. The fraction of sp³-hybridized carbons (Fsp3) is 1.00. The lowest BCUT2D eigenvalue weighted by atomic mass is 9.96. The number of hydrogen-bond acceptors (Lipinski definition) is 4. The molecular formula is C16H20F12N2O2. The van der Waals surface area contributed by atoms with Gasteiger partial charge in [-0.3, -0.25) is 9.80 Å². The van der Waals surface area contributed by atoms with Crippen molar-refractivity contribution in [3.8, 4) is 0 Å². The van der Waals surface area contributed by atoms with Crippen molar-refractivity contribution in [2.75, 3.05) is 26.2 Å². The van der Waals surface area contributed by atoms with Crippen molar-refractivity contribution in [2.45, 2.75) is 73.7 Å². The van der Waals surface area contributed by atoms with E-state index in [-0.39, 0.29) is 38.8 Å². The molecule has 0 saturated carbocycles. The van der Waals surface area contributed by atoms with Crippen LogP contribution in [0, 0.1) is 0 Å². The zero-order chi connectivity index (χ0) is 25.0. The lowest BCUT2D eigenvalue weighted by molar-refractivity contribution is -0.373. The van der Waals surface area contributed by atoms with Crippen molar-refractivity contribution < 1.29 is 62.9 Å². The van der Waals surface area contributed by atoms with Gasteiger partial charge in [0.2, 0.25) is 0 Å². The molecule has 0 aromatic rings. The number of β-amino-alcohol motifs (C(OH)–C–C–N with tert-alkyl or cyclic N) is 2. The van der Waals surface area contributed by atoms with Crippen molar-refractivity contribution in [1.29, 1.82) is 0 Å². The summed E-state index contributed by atoms with van der Waals surface area (Å²) in [6, 6.07) is -2.56. The van der Waals surface area contributed by atoms with Crippen LogP contribution in [0.25, 0.3) is 0 Å². The molecule has 190 valence electrons. The van der Waals surface area contributed by atoms with Crippen LogP contribution in [0.3, 0.4) is 0 Å². The zero-order valence-corrected chi connectivity index (χ0v) is 16.1. The van der Waals surface area contributed by atoms with E-state index in [0.717, 1.165) is 0 Å². The van der Waals surface area contributed by atoms with Gasteiger partial charge in [0, 0.05) is 25.2 Å². The van der Waals surface area contributed by atoms with Gasteiger partial charge in [-0.2, -0.15) is 52.7 Å². The maximum atomic E-state index is 13.0. The van der Waals surface area contributed by atoms with Gasteiger partial charge in [-0.1, -0.05) is 0 Å². The SMILES string of the molecule is OC(CN1CCC[C@H]1[C@@H]1CCCN1CC(O)(C(F)(F)F)C(F)(F)F)(C(F)(F)F)C(F)(F)F. The van der Waals surface area contributed by atoms with E-state index in [0.29, 0.717) is 9.80 Å². The van der Waals surface area contributed by atoms with Gasteiger partial charge in [0.25, 0.3) is 11.2 Å². The third-order valence-corrected chi connectivity index (χ3v) is 6.01. The van der Waals surface area contributed by atoms with Crippen LogP contribution in [0.2, 0.25) is 0 Å². The Kier molecular flexibility index (Phi) is 7.10. The number of nitrogens with zero attached hydrogens (tertiary/aromatic N) is 2. The predicted octanol–water partition coefficient (Wildman–Crippen LogP) is 3.63. The van der Waals surface area contributed by atoms with Crippen LogP contribution in [-0.2, 0) is 0 Å². The topological polar surface area (TPSA) is 46.9 Å². The highest BCUT2D eigenvalue weighted by Crippen LogP contribution is 2.47. The van der Waals surface area contributed by atoms with Crippen molar-refractivity contribution >= 4 is 0 Å². The first kappa shape index (κ1) is 27.2. The van der Waals surface area contributed by atoms with Crippen LogP contribution >= 0.6 is 0 Å². The number of rotatable bonds is 5. The molecule has 0 radical (unpaired) electrons. The van der Waals surface area contributed by atoms with Crippen LogP contribution in [0.1, 0.15) is 25.7 Å². The number of likely N-dealkylation sites (tertiary alicyclic amines) is 2. The zero-order valence-electron chi connectivity index (χ0n) is 16.1. The first-order valence-corrected chi connectivity index (χ1v) is 9.35. The molecular weight excluding hydrogens is 480 g/mol. The summed E-state index contributed by atoms with van der Waals surface area (Å²) in [6.45, 7) is -4.71. The molecule has 16 heteroatoms. The highest BCUT2D eigenvalue weighted by molar-refractivity contribution is 5.04. The van der Waals surface area contributed by atoms with Crippen LogP contribution in [-0.4, -0.2) is 94.2 Å². The molecule has 0 aromatic carbocycles. The van der Waals surface area contributed by atoms with E-state index in [2.05, 4.69) is 0 Å². The summed E-state index contributed by atoms with van der Waals surface area (Å²) in [5.74, 6) is 0. The maximum Gasteiger partial charge on any atom is 0.427 e. The smallest absolute Gasteiger partial charge is 0.373 e. The Balaban J connectivity index is 2.30. The van der Waals surface area contributed by atoms with Crippen LogP contribution in [0.4, 0.5) is 52.7 Å². The van der Waals surface area contributed by atoms with Crippen LogP contribution < -0.4 is 0 Å². The summed E-state index contributed by atoms with van der Waals surface area (Å²) in [7, 11) is 0. The molecule has 0 aromatic heterocycles. The quantitative estimate of drug-likeness (QED) is 0.567. The molecule has 4 nitrogen and oxygen atoms in total. The second-order valence-electron chi connectivity index (χ2n) is 8.07. The molecule has 0 amide bonds. The summed E-state index contributed by atoms with van der Waals surface area (Å²) in [6.07, 6.45) is -24.7. The average Bonchev–Trinajstić information content (AvgIpc) is 3.19. The largest absolute Gasteiger partial charge is 0.427 e. The maximum absolute atomic E-state index is 13.0. The fourth-order valence-corrected chi connectivity index (χ4v) is 4.24. The van der Waals surface area contributed by atoms with Gasteiger partial charge in [-0.05, 0) is 38.8 Å². The van der Waals surface area contributed by atoms with Gasteiger partial charge in [0.1, 0.15) is 0 Å². The van der Waals surface area contributed by atoms with Gasteiger partial charge in [0.15, 0.2) is 0 Å². The van der Waals surface area contributed by atoms with Gasteiger partial charge in [0.05, 0.1) is 0 Å². The van der Waals surface area contributed by atoms with E-state index in [1.54, 1.807) is 0 Å². The Labute approximate surface area is 173 Å². The molecule has 0 bridgehead atoms. The van der Waals surface area contributed by atoms with E-state index in [9.17, 15) is 62.9 Å². The van der Waals surface area contributed by atoms with Crippen LogP contribution in [0.15, 0.2) is 0 Å². The van der Waals surface area contributed by atoms with Gasteiger partial charge in [-0.25, -0.2) is 0 Å². The molecule has 2 fully saturated rings. The number of hydrogen-bond donors (Lipinski definition) is 2. The third-order valence-electron chi connectivity index (χ3n) is 6.01. The lowest BCUT2D eigenvalue weighted by Gasteiger charge is -2.42. The molecule has 2 aliphatic rings. The Morgan fingerprint density at radius 3 is 1.00 bits per heavy atom. The van der Waals surface area contributed by atoms with Crippen molar-refractivity contribution in [1.82, 2.24) is 9.80 Å². The Morgan fingerprint density at radius 1 is 0.531 bits per heavy atom. The summed E-state index contributed by atoms with van der Waals surface area (Å²) in [5.41, 5.74) is -10.3. The average molecular weight is 500 g/mol. The molecule has 2 N–H and O–H groups in total. The van der Waals surface area contributed by atoms with Gasteiger partial charge in [-0.15, -0.1) is 0 Å². The molecule has 2 saturated heterocycles. The van der Waals surface area contributed by atoms with E-state index < -0.39 is 61.1 Å². The normalized spacial score (nSPS) is 25.7. The Hall–Kier alpha value is -1.00. The fourth-order valence-electron chi connectivity index (χ4n) is 4.24. The second-order valence-corrected chi connectivity index (χ2v) is 8.07. The van der Waals surface area contributed by atoms with E-state index in [1.165, 1.54) is 0 Å². The van der Waals surface area contributed by atoms with Gasteiger partial charge < -0.3 is 10.2 Å². The first-order valence-electron chi connectivity index (χ1n) is 9.35. The second kappa shape index (κ2) is 8.34. The molecule has 2 atom stereocenters. The van der Waals surface area contributed by atoms with Crippen molar-refractivity contribution in [3.63, 3.8) is 0 Å². The summed E-state index contributed by atoms with van der Waals surface area (Å²) < 4.78 is 156. The monoisotopic (exact) mass is 500 g/mol. The summed E-state index contributed by atoms with van der Waals surface area (Å²) >= 11 is 0. The van der Waals surface area contributed by atoms with E-state index >= 15 is 0 Å². The predicted molar refractivity (Wildman–Crippen MR) is 83.3 cm³/mol. The molecule has 32 heavy (non-hydrogen) atoms. The minimum absolute atomic E-state index is 0.0175. The lowest BCUT2D eigenvalue weighted by Crippen LogP contribution is -2.66. The molecule has 2 rings (SSSR count). The molecule has 0 unspecified atom stereocenters.